The second kappa shape index (κ2) is 4.97. The molecule has 3 aromatic rings. The molecular formula is C15H11N3O2. The van der Waals surface area contributed by atoms with Gasteiger partial charge in [-0.2, -0.15) is 5.10 Å². The van der Waals surface area contributed by atoms with Crippen molar-refractivity contribution in [3.05, 3.63) is 81.0 Å². The highest BCUT2D eigenvalue weighted by Gasteiger charge is 2.05. The van der Waals surface area contributed by atoms with E-state index in [0.29, 0.717) is 10.9 Å². The van der Waals surface area contributed by atoms with Gasteiger partial charge in [-0.05, 0) is 17.7 Å². The average Bonchev–Trinajstić information content (AvgIpc) is 2.48. The van der Waals surface area contributed by atoms with Crippen LogP contribution in [0.2, 0.25) is 0 Å². The van der Waals surface area contributed by atoms with Crippen molar-refractivity contribution in [2.45, 2.75) is 0 Å². The summed E-state index contributed by atoms with van der Waals surface area (Å²) in [6, 6.07) is 16.1. The summed E-state index contributed by atoms with van der Waals surface area (Å²) in [5.74, 6) is 0. The summed E-state index contributed by atoms with van der Waals surface area (Å²) in [7, 11) is 0. The average molecular weight is 265 g/mol. The molecule has 5 nitrogen and oxygen atoms in total. The number of hydrogen-bond donors (Lipinski definition) is 1. The van der Waals surface area contributed by atoms with Gasteiger partial charge in [0.05, 0.1) is 17.1 Å². The number of aromatic nitrogens is 2. The smallest absolute Gasteiger partial charge is 0.305 e. The van der Waals surface area contributed by atoms with E-state index in [2.05, 4.69) is 10.1 Å². The molecule has 5 heteroatoms. The Morgan fingerprint density at radius 1 is 0.950 bits per heavy atom. The fraction of sp³-hybridized carbons (Fsp3) is 0. The number of nitrogens with zero attached hydrogens (tertiary/aromatic N) is 2. The summed E-state index contributed by atoms with van der Waals surface area (Å²) in [6.45, 7) is 0. The molecule has 0 saturated heterocycles. The lowest BCUT2D eigenvalue weighted by molar-refractivity contribution is 0.771. The topological polar surface area (TPSA) is 67.2 Å². The number of para-hydroxylation sites is 1. The molecule has 0 aliphatic carbocycles. The third-order valence-electron chi connectivity index (χ3n) is 2.91. The Balaban J connectivity index is 2.15. The number of aromatic amines is 1. The Kier molecular flexibility index (Phi) is 3.01. The minimum absolute atomic E-state index is 0.428. The lowest BCUT2D eigenvalue weighted by atomic mass is 10.2. The van der Waals surface area contributed by atoms with Crippen molar-refractivity contribution in [2.24, 2.45) is 5.10 Å². The molecule has 3 rings (SSSR count). The maximum absolute atomic E-state index is 12.2. The molecular weight excluding hydrogens is 254 g/mol. The molecule has 0 radical (unpaired) electrons. The van der Waals surface area contributed by atoms with Crippen molar-refractivity contribution in [3.63, 3.8) is 0 Å². The molecule has 2 aromatic carbocycles. The summed E-state index contributed by atoms with van der Waals surface area (Å²) in [5, 5.41) is 4.39. The van der Waals surface area contributed by atoms with Gasteiger partial charge in [0.1, 0.15) is 0 Å². The quantitative estimate of drug-likeness (QED) is 0.715. The van der Waals surface area contributed by atoms with E-state index in [1.165, 1.54) is 6.21 Å². The van der Waals surface area contributed by atoms with Crippen molar-refractivity contribution < 1.29 is 0 Å². The lowest BCUT2D eigenvalue weighted by Crippen LogP contribution is -2.32. The van der Waals surface area contributed by atoms with E-state index < -0.39 is 11.2 Å². The fourth-order valence-electron chi connectivity index (χ4n) is 1.92. The molecule has 0 spiro atoms. The lowest BCUT2D eigenvalue weighted by Gasteiger charge is -2.00. The third-order valence-corrected chi connectivity index (χ3v) is 2.91. The van der Waals surface area contributed by atoms with Crippen LogP contribution in [-0.2, 0) is 0 Å². The van der Waals surface area contributed by atoms with Crippen molar-refractivity contribution in [2.75, 3.05) is 0 Å². The number of rotatable bonds is 2. The zero-order valence-electron chi connectivity index (χ0n) is 10.5. The first-order valence-corrected chi connectivity index (χ1v) is 6.09. The summed E-state index contributed by atoms with van der Waals surface area (Å²) in [5.41, 5.74) is 0.332. The minimum atomic E-state index is -0.555. The highest BCUT2D eigenvalue weighted by molar-refractivity contribution is 5.80. The van der Waals surface area contributed by atoms with Gasteiger partial charge in [-0.3, -0.25) is 4.79 Å². The number of fused-ring (bicyclic) bond motifs is 1. The molecule has 0 aliphatic heterocycles. The summed E-state index contributed by atoms with van der Waals surface area (Å²) < 4.78 is 0.829. The normalized spacial score (nSPS) is 11.2. The van der Waals surface area contributed by atoms with E-state index in [1.807, 2.05) is 30.3 Å². The molecule has 1 heterocycles. The highest BCUT2D eigenvalue weighted by Crippen LogP contribution is 2.02. The molecule has 98 valence electrons. The van der Waals surface area contributed by atoms with Crippen LogP contribution in [0.4, 0.5) is 0 Å². The van der Waals surface area contributed by atoms with Gasteiger partial charge in [-0.25, -0.2) is 4.79 Å². The van der Waals surface area contributed by atoms with Crippen LogP contribution in [-0.4, -0.2) is 15.9 Å². The highest BCUT2D eigenvalue weighted by atomic mass is 16.2. The Labute approximate surface area is 113 Å². The van der Waals surface area contributed by atoms with E-state index in [9.17, 15) is 9.59 Å². The Morgan fingerprint density at radius 3 is 2.45 bits per heavy atom. The van der Waals surface area contributed by atoms with E-state index in [0.717, 1.165) is 10.2 Å². The fourth-order valence-corrected chi connectivity index (χ4v) is 1.92. The molecule has 0 bridgehead atoms. The van der Waals surface area contributed by atoms with Crippen LogP contribution in [0.25, 0.3) is 10.9 Å². The van der Waals surface area contributed by atoms with Gasteiger partial charge in [-0.1, -0.05) is 42.5 Å². The monoisotopic (exact) mass is 265 g/mol. The first-order valence-electron chi connectivity index (χ1n) is 6.09. The first kappa shape index (κ1) is 12.1. The number of hydrogen-bond acceptors (Lipinski definition) is 3. The van der Waals surface area contributed by atoms with E-state index in [1.54, 1.807) is 24.3 Å². The van der Waals surface area contributed by atoms with Crippen LogP contribution in [0.1, 0.15) is 5.56 Å². The number of nitrogens with one attached hydrogen (secondary N) is 1. The van der Waals surface area contributed by atoms with Gasteiger partial charge < -0.3 is 4.98 Å². The standard InChI is InChI=1S/C15H11N3O2/c19-14-12-8-4-5-9-13(12)17-15(20)18(14)16-10-11-6-2-1-3-7-11/h1-10H,(H,17,20)/b16-10+. The van der Waals surface area contributed by atoms with Gasteiger partial charge in [0.15, 0.2) is 0 Å². The maximum Gasteiger partial charge on any atom is 0.349 e. The van der Waals surface area contributed by atoms with Crippen molar-refractivity contribution in [1.29, 1.82) is 0 Å². The summed E-state index contributed by atoms with van der Waals surface area (Å²) >= 11 is 0. The van der Waals surface area contributed by atoms with Crippen molar-refractivity contribution in [1.82, 2.24) is 9.66 Å². The second-order valence-electron chi connectivity index (χ2n) is 4.25. The number of H-pyrrole nitrogens is 1. The molecule has 0 saturated carbocycles. The Morgan fingerprint density at radius 2 is 1.65 bits per heavy atom. The van der Waals surface area contributed by atoms with Gasteiger partial charge in [0.25, 0.3) is 5.56 Å². The molecule has 0 unspecified atom stereocenters. The van der Waals surface area contributed by atoms with E-state index in [-0.39, 0.29) is 0 Å². The van der Waals surface area contributed by atoms with Crippen LogP contribution in [0, 0.1) is 0 Å². The van der Waals surface area contributed by atoms with Crippen LogP contribution < -0.4 is 11.2 Å². The Hall–Kier alpha value is -2.95. The molecule has 0 aliphatic rings. The van der Waals surface area contributed by atoms with Gasteiger partial charge in [0.2, 0.25) is 0 Å². The van der Waals surface area contributed by atoms with Gasteiger partial charge >= 0.3 is 5.69 Å². The van der Waals surface area contributed by atoms with E-state index in [4.69, 9.17) is 0 Å². The molecule has 20 heavy (non-hydrogen) atoms. The summed E-state index contributed by atoms with van der Waals surface area (Å²) in [6.07, 6.45) is 1.48. The van der Waals surface area contributed by atoms with Gasteiger partial charge in [0, 0.05) is 0 Å². The van der Waals surface area contributed by atoms with Crippen LogP contribution in [0.3, 0.4) is 0 Å². The SMILES string of the molecule is O=c1[nH]c2ccccc2c(=O)n1/N=C/c1ccccc1. The van der Waals surface area contributed by atoms with Crippen LogP contribution in [0.5, 0.6) is 0 Å². The first-order chi connectivity index (χ1) is 9.75. The summed E-state index contributed by atoms with van der Waals surface area (Å²) in [4.78, 5) is 26.7. The van der Waals surface area contributed by atoms with Crippen molar-refractivity contribution >= 4 is 17.1 Å². The zero-order chi connectivity index (χ0) is 13.9. The molecule has 1 aromatic heterocycles. The Bertz CT molecular complexity index is 892. The third kappa shape index (κ3) is 2.16. The molecule has 0 fully saturated rings. The van der Waals surface area contributed by atoms with Crippen LogP contribution >= 0.6 is 0 Å². The molecule has 0 atom stereocenters. The second-order valence-corrected chi connectivity index (χ2v) is 4.25. The minimum Gasteiger partial charge on any atom is -0.305 e. The molecule has 0 amide bonds. The largest absolute Gasteiger partial charge is 0.349 e. The molecule has 1 N–H and O–H groups in total. The number of benzene rings is 2. The predicted molar refractivity (Wildman–Crippen MR) is 78.3 cm³/mol. The van der Waals surface area contributed by atoms with Crippen LogP contribution in [0.15, 0.2) is 69.3 Å². The predicted octanol–water partition coefficient (Wildman–Crippen LogP) is 1.57. The van der Waals surface area contributed by atoms with Gasteiger partial charge in [-0.15, -0.1) is 4.68 Å². The maximum atomic E-state index is 12.2. The van der Waals surface area contributed by atoms with E-state index >= 15 is 0 Å². The zero-order valence-corrected chi connectivity index (χ0v) is 10.5. The van der Waals surface area contributed by atoms with Crippen molar-refractivity contribution in [3.8, 4) is 0 Å².